The van der Waals surface area contributed by atoms with E-state index >= 15 is 0 Å². The van der Waals surface area contributed by atoms with E-state index in [1.165, 1.54) is 0 Å². The maximum atomic E-state index is 9.93. The largest absolute Gasteiger partial charge is 0.385 e. The SMILES string of the molecule is COCCC(C)C(O)c1ncc(C)cn1. The number of hydrogen-bond acceptors (Lipinski definition) is 4. The van der Waals surface area contributed by atoms with Crippen molar-refractivity contribution < 1.29 is 9.84 Å². The number of nitrogens with zero attached hydrogens (tertiary/aromatic N) is 2. The maximum Gasteiger partial charge on any atom is 0.157 e. The molecule has 2 unspecified atom stereocenters. The van der Waals surface area contributed by atoms with Gasteiger partial charge in [0.05, 0.1) is 0 Å². The molecule has 0 saturated heterocycles. The molecule has 15 heavy (non-hydrogen) atoms. The average molecular weight is 210 g/mol. The van der Waals surface area contributed by atoms with Crippen LogP contribution in [0.1, 0.15) is 30.8 Å². The van der Waals surface area contributed by atoms with E-state index in [-0.39, 0.29) is 5.92 Å². The van der Waals surface area contributed by atoms with Crippen LogP contribution in [-0.4, -0.2) is 28.8 Å². The fraction of sp³-hybridized carbons (Fsp3) is 0.636. The zero-order valence-corrected chi connectivity index (χ0v) is 9.47. The van der Waals surface area contributed by atoms with Gasteiger partial charge in [-0.2, -0.15) is 0 Å². The summed E-state index contributed by atoms with van der Waals surface area (Å²) in [4.78, 5) is 8.21. The summed E-state index contributed by atoms with van der Waals surface area (Å²) >= 11 is 0. The van der Waals surface area contributed by atoms with Crippen molar-refractivity contribution in [3.8, 4) is 0 Å². The smallest absolute Gasteiger partial charge is 0.157 e. The molecule has 0 aliphatic rings. The van der Waals surface area contributed by atoms with Gasteiger partial charge in [-0.25, -0.2) is 9.97 Å². The van der Waals surface area contributed by atoms with Gasteiger partial charge in [-0.3, -0.25) is 0 Å². The van der Waals surface area contributed by atoms with Crippen LogP contribution in [0.5, 0.6) is 0 Å². The predicted molar refractivity (Wildman–Crippen MR) is 57.4 cm³/mol. The van der Waals surface area contributed by atoms with Gasteiger partial charge >= 0.3 is 0 Å². The predicted octanol–water partition coefficient (Wildman–Crippen LogP) is 1.49. The fourth-order valence-electron chi connectivity index (χ4n) is 1.27. The number of aromatic nitrogens is 2. The van der Waals surface area contributed by atoms with Crippen molar-refractivity contribution in [2.24, 2.45) is 5.92 Å². The molecule has 84 valence electrons. The van der Waals surface area contributed by atoms with E-state index in [4.69, 9.17) is 4.74 Å². The van der Waals surface area contributed by atoms with Gasteiger partial charge in [-0.05, 0) is 24.8 Å². The highest BCUT2D eigenvalue weighted by molar-refractivity contribution is 5.03. The molecule has 0 spiro atoms. The lowest BCUT2D eigenvalue weighted by molar-refractivity contribution is 0.0820. The van der Waals surface area contributed by atoms with Crippen LogP contribution in [0.4, 0.5) is 0 Å². The minimum Gasteiger partial charge on any atom is -0.385 e. The van der Waals surface area contributed by atoms with Gasteiger partial charge < -0.3 is 9.84 Å². The van der Waals surface area contributed by atoms with Gasteiger partial charge in [0, 0.05) is 26.1 Å². The van der Waals surface area contributed by atoms with Crippen LogP contribution in [0, 0.1) is 12.8 Å². The summed E-state index contributed by atoms with van der Waals surface area (Å²) in [7, 11) is 1.65. The molecule has 0 aliphatic carbocycles. The van der Waals surface area contributed by atoms with Gasteiger partial charge in [0.2, 0.25) is 0 Å². The summed E-state index contributed by atoms with van der Waals surface area (Å²) in [6.45, 7) is 4.53. The van der Waals surface area contributed by atoms with Crippen LogP contribution in [-0.2, 0) is 4.74 Å². The lowest BCUT2D eigenvalue weighted by Gasteiger charge is -2.16. The van der Waals surface area contributed by atoms with E-state index in [0.29, 0.717) is 12.4 Å². The van der Waals surface area contributed by atoms with Gasteiger partial charge in [-0.1, -0.05) is 6.92 Å². The number of methoxy groups -OCH3 is 1. The van der Waals surface area contributed by atoms with E-state index < -0.39 is 6.10 Å². The molecule has 1 N–H and O–H groups in total. The molecule has 0 bridgehead atoms. The van der Waals surface area contributed by atoms with E-state index in [2.05, 4.69) is 9.97 Å². The number of aryl methyl sites for hydroxylation is 1. The molecule has 2 atom stereocenters. The molecule has 4 heteroatoms. The third-order valence-electron chi connectivity index (χ3n) is 2.38. The maximum absolute atomic E-state index is 9.93. The first-order valence-electron chi connectivity index (χ1n) is 5.10. The Labute approximate surface area is 90.3 Å². The third kappa shape index (κ3) is 3.57. The summed E-state index contributed by atoms with van der Waals surface area (Å²) in [6, 6.07) is 0. The Hall–Kier alpha value is -1.00. The Balaban J connectivity index is 2.59. The first-order chi connectivity index (χ1) is 7.15. The molecular weight excluding hydrogens is 192 g/mol. The summed E-state index contributed by atoms with van der Waals surface area (Å²) in [5.74, 6) is 0.594. The molecule has 0 aliphatic heterocycles. The molecule has 1 heterocycles. The second-order valence-corrected chi connectivity index (χ2v) is 3.82. The van der Waals surface area contributed by atoms with E-state index in [9.17, 15) is 5.11 Å². The highest BCUT2D eigenvalue weighted by Crippen LogP contribution is 2.20. The Bertz CT molecular complexity index is 287. The summed E-state index contributed by atoms with van der Waals surface area (Å²) in [5.41, 5.74) is 0.996. The first kappa shape index (κ1) is 12.1. The van der Waals surface area contributed by atoms with Gasteiger partial charge in [0.15, 0.2) is 5.82 Å². The number of rotatable bonds is 5. The standard InChI is InChI=1S/C11H18N2O2/c1-8-6-12-11(13-7-8)10(14)9(2)4-5-15-3/h6-7,9-10,14H,4-5H2,1-3H3. The first-order valence-corrected chi connectivity index (χ1v) is 5.10. The molecular formula is C11H18N2O2. The quantitative estimate of drug-likeness (QED) is 0.800. The highest BCUT2D eigenvalue weighted by Gasteiger charge is 2.18. The summed E-state index contributed by atoms with van der Waals surface area (Å²) in [6.07, 6.45) is 3.62. The Morgan fingerprint density at radius 1 is 1.40 bits per heavy atom. The number of hydrogen-bond donors (Lipinski definition) is 1. The molecule has 1 rings (SSSR count). The van der Waals surface area contributed by atoms with Crippen LogP contribution in [0.2, 0.25) is 0 Å². The van der Waals surface area contributed by atoms with Gasteiger partial charge in [0.1, 0.15) is 6.10 Å². The Morgan fingerprint density at radius 3 is 2.53 bits per heavy atom. The van der Waals surface area contributed by atoms with Crippen LogP contribution in [0.3, 0.4) is 0 Å². The van der Waals surface area contributed by atoms with Crippen molar-refractivity contribution >= 4 is 0 Å². The fourth-order valence-corrected chi connectivity index (χ4v) is 1.27. The van der Waals surface area contributed by atoms with Gasteiger partial charge in [0.25, 0.3) is 0 Å². The minimum atomic E-state index is -0.610. The van der Waals surface area contributed by atoms with Crippen molar-refractivity contribution in [2.75, 3.05) is 13.7 Å². The second kappa shape index (κ2) is 5.78. The van der Waals surface area contributed by atoms with Crippen molar-refractivity contribution in [3.63, 3.8) is 0 Å². The van der Waals surface area contributed by atoms with Gasteiger partial charge in [-0.15, -0.1) is 0 Å². The molecule has 1 aromatic heterocycles. The second-order valence-electron chi connectivity index (χ2n) is 3.82. The average Bonchev–Trinajstić information content (AvgIpc) is 2.26. The van der Waals surface area contributed by atoms with Crippen molar-refractivity contribution in [3.05, 3.63) is 23.8 Å². The van der Waals surface area contributed by atoms with E-state index in [1.54, 1.807) is 19.5 Å². The summed E-state index contributed by atoms with van der Waals surface area (Å²) < 4.78 is 4.97. The van der Waals surface area contributed by atoms with Crippen LogP contribution < -0.4 is 0 Å². The van der Waals surface area contributed by atoms with Crippen molar-refractivity contribution in [1.29, 1.82) is 0 Å². The molecule has 1 aromatic rings. The normalized spacial score (nSPS) is 14.9. The molecule has 0 radical (unpaired) electrons. The van der Waals surface area contributed by atoms with Crippen molar-refractivity contribution in [2.45, 2.75) is 26.4 Å². The zero-order valence-electron chi connectivity index (χ0n) is 9.47. The lowest BCUT2D eigenvalue weighted by atomic mass is 10.0. The minimum absolute atomic E-state index is 0.104. The van der Waals surface area contributed by atoms with E-state index in [1.807, 2.05) is 13.8 Å². The number of aliphatic hydroxyl groups is 1. The topological polar surface area (TPSA) is 55.2 Å². The Morgan fingerprint density at radius 2 is 2.00 bits per heavy atom. The lowest BCUT2D eigenvalue weighted by Crippen LogP contribution is -2.14. The van der Waals surface area contributed by atoms with E-state index in [0.717, 1.165) is 12.0 Å². The summed E-state index contributed by atoms with van der Waals surface area (Å²) in [5, 5.41) is 9.93. The van der Waals surface area contributed by atoms with Crippen LogP contribution in [0.15, 0.2) is 12.4 Å². The van der Waals surface area contributed by atoms with Crippen LogP contribution >= 0.6 is 0 Å². The molecule has 0 fully saturated rings. The highest BCUT2D eigenvalue weighted by atomic mass is 16.5. The van der Waals surface area contributed by atoms with Crippen molar-refractivity contribution in [1.82, 2.24) is 9.97 Å². The van der Waals surface area contributed by atoms with Crippen LogP contribution in [0.25, 0.3) is 0 Å². The molecule has 4 nitrogen and oxygen atoms in total. The molecule has 0 saturated carbocycles. The number of ether oxygens (including phenoxy) is 1. The third-order valence-corrected chi connectivity index (χ3v) is 2.38. The molecule has 0 aromatic carbocycles. The molecule has 0 amide bonds. The zero-order chi connectivity index (χ0) is 11.3. The monoisotopic (exact) mass is 210 g/mol. The number of aliphatic hydroxyl groups excluding tert-OH is 1. The Kier molecular flexibility index (Phi) is 4.65.